The minimum atomic E-state index is 1.15. The first kappa shape index (κ1) is 20.8. The van der Waals surface area contributed by atoms with Crippen LogP contribution in [0.4, 0.5) is 0 Å². The molecule has 0 aliphatic heterocycles. The first-order chi connectivity index (χ1) is 19.4. The zero-order valence-corrected chi connectivity index (χ0v) is 21.1. The van der Waals surface area contributed by atoms with Crippen molar-refractivity contribution in [1.82, 2.24) is 9.55 Å². The molecule has 0 N–H and O–H groups in total. The van der Waals surface area contributed by atoms with Gasteiger partial charge in [0.2, 0.25) is 0 Å². The standard InChI is InChI=1S/C37H22N2/c1-2-7-29-28(6-1)32-10-5-9-31-26(18-19-33(29)36(31)32)23-12-15-25(16-13-23)39-35-11-4-3-8-30(35)34-17-14-24-22-38-21-20-27(24)37(34)39/h1-22H. The van der Waals surface area contributed by atoms with Crippen LogP contribution in [0.2, 0.25) is 0 Å². The maximum atomic E-state index is 4.37. The van der Waals surface area contributed by atoms with E-state index in [1.165, 1.54) is 71.3 Å². The fourth-order valence-corrected chi connectivity index (χ4v) is 6.75. The molecule has 2 heterocycles. The van der Waals surface area contributed by atoms with E-state index in [2.05, 4.69) is 131 Å². The fraction of sp³-hybridized carbons (Fsp3) is 0. The number of rotatable bonds is 2. The highest BCUT2D eigenvalue weighted by molar-refractivity contribution is 6.19. The van der Waals surface area contributed by atoms with Gasteiger partial charge in [-0.1, -0.05) is 97.1 Å². The summed E-state index contributed by atoms with van der Waals surface area (Å²) in [5.74, 6) is 0. The van der Waals surface area contributed by atoms with Crippen molar-refractivity contribution >= 4 is 43.4 Å². The Labute approximate surface area is 225 Å². The Morgan fingerprint density at radius 3 is 2.05 bits per heavy atom. The van der Waals surface area contributed by atoms with Crippen LogP contribution in [0.1, 0.15) is 0 Å². The number of pyridine rings is 1. The molecule has 180 valence electrons. The third-order valence-electron chi connectivity index (χ3n) is 8.43. The zero-order valence-electron chi connectivity index (χ0n) is 21.1. The van der Waals surface area contributed by atoms with Gasteiger partial charge in [-0.3, -0.25) is 4.98 Å². The molecule has 0 fully saturated rings. The molecule has 2 aromatic heterocycles. The summed E-state index contributed by atoms with van der Waals surface area (Å²) in [6.07, 6.45) is 3.84. The van der Waals surface area contributed by atoms with Crippen LogP contribution in [0.5, 0.6) is 0 Å². The Hall–Kier alpha value is -5.21. The molecule has 0 amide bonds. The molecule has 0 bridgehead atoms. The van der Waals surface area contributed by atoms with Gasteiger partial charge in [-0.2, -0.15) is 0 Å². The van der Waals surface area contributed by atoms with E-state index in [1.54, 1.807) is 0 Å². The average Bonchev–Trinajstić information content (AvgIpc) is 3.52. The van der Waals surface area contributed by atoms with Crippen molar-refractivity contribution in [3.8, 4) is 39.1 Å². The quantitative estimate of drug-likeness (QED) is 0.234. The predicted octanol–water partition coefficient (Wildman–Crippen LogP) is 9.80. The molecule has 2 nitrogen and oxygen atoms in total. The molecule has 0 saturated heterocycles. The molecule has 8 aromatic rings. The fourth-order valence-electron chi connectivity index (χ4n) is 6.75. The van der Waals surface area contributed by atoms with Crippen molar-refractivity contribution in [1.29, 1.82) is 0 Å². The van der Waals surface area contributed by atoms with E-state index < -0.39 is 0 Å². The molecule has 1 aliphatic rings. The molecule has 0 radical (unpaired) electrons. The minimum Gasteiger partial charge on any atom is -0.309 e. The van der Waals surface area contributed by atoms with Crippen molar-refractivity contribution < 1.29 is 0 Å². The number of aromatic nitrogens is 2. The topological polar surface area (TPSA) is 17.8 Å². The molecule has 6 aromatic carbocycles. The Morgan fingerprint density at radius 1 is 0.462 bits per heavy atom. The lowest BCUT2D eigenvalue weighted by Gasteiger charge is -2.13. The Bertz CT molecular complexity index is 2240. The van der Waals surface area contributed by atoms with Crippen LogP contribution < -0.4 is 0 Å². The number of hydrogen-bond donors (Lipinski definition) is 0. The molecular formula is C37H22N2. The van der Waals surface area contributed by atoms with Gasteiger partial charge in [-0.05, 0) is 68.4 Å². The molecular weight excluding hydrogens is 472 g/mol. The molecule has 0 spiro atoms. The second-order valence-corrected chi connectivity index (χ2v) is 10.4. The van der Waals surface area contributed by atoms with Crippen LogP contribution in [0.25, 0.3) is 82.4 Å². The lowest BCUT2D eigenvalue weighted by Crippen LogP contribution is -1.94. The summed E-state index contributed by atoms with van der Waals surface area (Å²) in [5, 5.41) is 7.57. The van der Waals surface area contributed by atoms with Gasteiger partial charge in [0, 0.05) is 39.6 Å². The predicted molar refractivity (Wildman–Crippen MR) is 163 cm³/mol. The number of hydrogen-bond acceptors (Lipinski definition) is 1. The van der Waals surface area contributed by atoms with E-state index >= 15 is 0 Å². The summed E-state index contributed by atoms with van der Waals surface area (Å²) in [6, 6.07) is 44.4. The van der Waals surface area contributed by atoms with Crippen LogP contribution in [0.15, 0.2) is 134 Å². The highest BCUT2D eigenvalue weighted by Crippen LogP contribution is 2.49. The van der Waals surface area contributed by atoms with Crippen molar-refractivity contribution in [2.75, 3.05) is 0 Å². The molecule has 0 unspecified atom stereocenters. The number of benzene rings is 6. The van der Waals surface area contributed by atoms with Gasteiger partial charge in [-0.25, -0.2) is 0 Å². The SMILES string of the molecule is c1ccc2c(c1)-c1cccc3c(-c4ccc(-n5c6ccccc6c6ccc7cnccc7c65)cc4)ccc-2c13. The smallest absolute Gasteiger partial charge is 0.0620 e. The molecule has 1 aliphatic carbocycles. The van der Waals surface area contributed by atoms with Gasteiger partial charge in [0.1, 0.15) is 0 Å². The second-order valence-electron chi connectivity index (χ2n) is 10.4. The van der Waals surface area contributed by atoms with E-state index in [0.717, 1.165) is 11.1 Å². The van der Waals surface area contributed by atoms with Gasteiger partial charge in [-0.15, -0.1) is 0 Å². The van der Waals surface area contributed by atoms with Crippen LogP contribution in [-0.4, -0.2) is 9.55 Å². The lowest BCUT2D eigenvalue weighted by molar-refractivity contribution is 1.19. The van der Waals surface area contributed by atoms with E-state index in [9.17, 15) is 0 Å². The summed E-state index contributed by atoms with van der Waals surface area (Å²) in [5.41, 5.74) is 11.4. The largest absolute Gasteiger partial charge is 0.309 e. The van der Waals surface area contributed by atoms with Crippen molar-refractivity contribution in [2.24, 2.45) is 0 Å². The van der Waals surface area contributed by atoms with Crippen molar-refractivity contribution in [2.45, 2.75) is 0 Å². The normalized spacial score (nSPS) is 12.1. The third-order valence-corrected chi connectivity index (χ3v) is 8.43. The van der Waals surface area contributed by atoms with E-state index in [0.29, 0.717) is 0 Å². The Morgan fingerprint density at radius 2 is 1.18 bits per heavy atom. The maximum Gasteiger partial charge on any atom is 0.0620 e. The molecule has 0 atom stereocenters. The minimum absolute atomic E-state index is 1.15. The molecule has 9 rings (SSSR count). The monoisotopic (exact) mass is 494 g/mol. The maximum absolute atomic E-state index is 4.37. The number of fused-ring (bicyclic) bond motifs is 8. The summed E-state index contributed by atoms with van der Waals surface area (Å²) in [4.78, 5) is 4.37. The first-order valence-electron chi connectivity index (χ1n) is 13.4. The first-order valence-corrected chi connectivity index (χ1v) is 13.4. The highest BCUT2D eigenvalue weighted by atomic mass is 15.0. The summed E-state index contributed by atoms with van der Waals surface area (Å²) >= 11 is 0. The zero-order chi connectivity index (χ0) is 25.5. The van der Waals surface area contributed by atoms with Gasteiger partial charge in [0.25, 0.3) is 0 Å². The van der Waals surface area contributed by atoms with Gasteiger partial charge >= 0.3 is 0 Å². The van der Waals surface area contributed by atoms with E-state index in [4.69, 9.17) is 0 Å². The lowest BCUT2D eigenvalue weighted by atomic mass is 9.94. The van der Waals surface area contributed by atoms with Crippen LogP contribution in [-0.2, 0) is 0 Å². The van der Waals surface area contributed by atoms with E-state index in [1.807, 2.05) is 12.4 Å². The van der Waals surface area contributed by atoms with Gasteiger partial charge in [0.05, 0.1) is 11.0 Å². The second kappa shape index (κ2) is 7.66. The highest BCUT2D eigenvalue weighted by Gasteiger charge is 2.22. The van der Waals surface area contributed by atoms with Crippen LogP contribution in [0, 0.1) is 0 Å². The Kier molecular flexibility index (Phi) is 4.08. The van der Waals surface area contributed by atoms with Crippen molar-refractivity contribution in [3.63, 3.8) is 0 Å². The molecule has 0 saturated carbocycles. The number of para-hydroxylation sites is 1. The van der Waals surface area contributed by atoms with E-state index in [-0.39, 0.29) is 0 Å². The molecule has 39 heavy (non-hydrogen) atoms. The Balaban J connectivity index is 1.26. The molecule has 2 heteroatoms. The summed E-state index contributed by atoms with van der Waals surface area (Å²) in [6.45, 7) is 0. The van der Waals surface area contributed by atoms with Gasteiger partial charge in [0.15, 0.2) is 0 Å². The summed E-state index contributed by atoms with van der Waals surface area (Å²) in [7, 11) is 0. The number of nitrogens with zero attached hydrogens (tertiary/aromatic N) is 2. The van der Waals surface area contributed by atoms with Gasteiger partial charge < -0.3 is 4.57 Å². The third kappa shape index (κ3) is 2.78. The van der Waals surface area contributed by atoms with Crippen molar-refractivity contribution in [3.05, 3.63) is 134 Å². The van der Waals surface area contributed by atoms with Crippen LogP contribution >= 0.6 is 0 Å². The average molecular weight is 495 g/mol. The summed E-state index contributed by atoms with van der Waals surface area (Å²) < 4.78 is 2.40. The van der Waals surface area contributed by atoms with Crippen LogP contribution in [0.3, 0.4) is 0 Å².